The molecule has 1 aromatic carbocycles. The summed E-state index contributed by atoms with van der Waals surface area (Å²) in [4.78, 5) is 0. The zero-order valence-electron chi connectivity index (χ0n) is 9.09. The highest BCUT2D eigenvalue weighted by atomic mass is 14.9. The molecule has 0 aromatic heterocycles. The van der Waals surface area contributed by atoms with Crippen molar-refractivity contribution < 1.29 is 0 Å². The van der Waals surface area contributed by atoms with E-state index < -0.39 is 0 Å². The zero-order chi connectivity index (χ0) is 11.1. The lowest BCUT2D eigenvalue weighted by molar-refractivity contribution is 0.834. The van der Waals surface area contributed by atoms with Crippen LogP contribution >= 0.6 is 0 Å². The topological polar surface area (TPSA) is 61.8 Å². The van der Waals surface area contributed by atoms with Crippen molar-refractivity contribution in [3.05, 3.63) is 23.8 Å². The van der Waals surface area contributed by atoms with Gasteiger partial charge in [0.15, 0.2) is 0 Å². The molecule has 0 fully saturated rings. The molecule has 0 spiro atoms. The van der Waals surface area contributed by atoms with Gasteiger partial charge in [-0.25, -0.2) is 0 Å². The number of rotatable bonds is 5. The van der Waals surface area contributed by atoms with E-state index in [1.807, 2.05) is 18.2 Å². The van der Waals surface area contributed by atoms with Crippen molar-refractivity contribution in [2.24, 2.45) is 0 Å². The second-order valence-corrected chi connectivity index (χ2v) is 3.53. The molecule has 15 heavy (non-hydrogen) atoms. The number of anilines is 2. The molecule has 80 valence electrons. The molecular weight excluding hydrogens is 186 g/mol. The van der Waals surface area contributed by atoms with Crippen molar-refractivity contribution in [2.75, 3.05) is 17.6 Å². The average molecular weight is 203 g/mol. The van der Waals surface area contributed by atoms with Crippen molar-refractivity contribution in [3.8, 4) is 6.07 Å². The molecule has 0 saturated heterocycles. The Bertz CT molecular complexity index is 352. The lowest BCUT2D eigenvalue weighted by atomic mass is 10.1. The molecule has 1 rings (SSSR count). The van der Waals surface area contributed by atoms with Crippen LogP contribution in [-0.2, 0) is 6.42 Å². The maximum atomic E-state index is 8.62. The van der Waals surface area contributed by atoms with Crippen LogP contribution in [0.4, 0.5) is 11.4 Å². The Kier molecular flexibility index (Phi) is 4.49. The van der Waals surface area contributed by atoms with Crippen LogP contribution in [0.3, 0.4) is 0 Å². The zero-order valence-corrected chi connectivity index (χ0v) is 9.09. The lowest BCUT2D eigenvalue weighted by Gasteiger charge is -2.08. The van der Waals surface area contributed by atoms with E-state index in [4.69, 9.17) is 11.0 Å². The first-order valence-electron chi connectivity index (χ1n) is 5.27. The second-order valence-electron chi connectivity index (χ2n) is 3.53. The van der Waals surface area contributed by atoms with E-state index >= 15 is 0 Å². The molecular formula is C12H17N3. The SMILES string of the molecule is CCCCNc1ccc(N)c(CC#N)c1. The van der Waals surface area contributed by atoms with Gasteiger partial charge in [-0.1, -0.05) is 13.3 Å². The smallest absolute Gasteiger partial charge is 0.0670 e. The Balaban J connectivity index is 2.66. The summed E-state index contributed by atoms with van der Waals surface area (Å²) in [6, 6.07) is 7.86. The van der Waals surface area contributed by atoms with Gasteiger partial charge in [-0.3, -0.25) is 0 Å². The molecule has 0 aliphatic rings. The van der Waals surface area contributed by atoms with E-state index in [9.17, 15) is 0 Å². The molecule has 3 nitrogen and oxygen atoms in total. The van der Waals surface area contributed by atoms with Crippen molar-refractivity contribution >= 4 is 11.4 Å². The highest BCUT2D eigenvalue weighted by molar-refractivity contribution is 5.57. The number of hydrogen-bond donors (Lipinski definition) is 2. The first kappa shape index (κ1) is 11.4. The van der Waals surface area contributed by atoms with Gasteiger partial charge >= 0.3 is 0 Å². The van der Waals surface area contributed by atoms with Crippen LogP contribution in [0.25, 0.3) is 0 Å². The fourth-order valence-corrected chi connectivity index (χ4v) is 1.36. The molecule has 0 bridgehead atoms. The number of nitrogen functional groups attached to an aromatic ring is 1. The van der Waals surface area contributed by atoms with Gasteiger partial charge in [-0.05, 0) is 30.2 Å². The summed E-state index contributed by atoms with van der Waals surface area (Å²) in [7, 11) is 0. The van der Waals surface area contributed by atoms with Gasteiger partial charge in [0, 0.05) is 17.9 Å². The standard InChI is InChI=1S/C12H17N3/c1-2-3-8-15-11-4-5-12(14)10(9-11)6-7-13/h4-5,9,15H,2-3,6,8,14H2,1H3. The number of benzene rings is 1. The maximum Gasteiger partial charge on any atom is 0.0670 e. The highest BCUT2D eigenvalue weighted by Crippen LogP contribution is 2.18. The van der Waals surface area contributed by atoms with E-state index in [-0.39, 0.29) is 0 Å². The monoisotopic (exact) mass is 203 g/mol. The molecule has 0 amide bonds. The molecule has 0 aliphatic heterocycles. The van der Waals surface area contributed by atoms with E-state index in [0.29, 0.717) is 12.1 Å². The molecule has 0 unspecified atom stereocenters. The summed E-state index contributed by atoms with van der Waals surface area (Å²) in [6.45, 7) is 3.12. The van der Waals surface area contributed by atoms with E-state index in [0.717, 1.165) is 24.2 Å². The third kappa shape index (κ3) is 3.51. The third-order valence-corrected chi connectivity index (χ3v) is 2.27. The molecule has 0 saturated carbocycles. The van der Waals surface area contributed by atoms with Crippen LogP contribution in [0, 0.1) is 11.3 Å². The van der Waals surface area contributed by atoms with Gasteiger partial charge in [-0.15, -0.1) is 0 Å². The van der Waals surface area contributed by atoms with E-state index in [2.05, 4.69) is 18.3 Å². The lowest BCUT2D eigenvalue weighted by Crippen LogP contribution is -2.02. The maximum absolute atomic E-state index is 8.62. The minimum absolute atomic E-state index is 0.370. The highest BCUT2D eigenvalue weighted by Gasteiger charge is 2.00. The number of unbranched alkanes of at least 4 members (excludes halogenated alkanes) is 1. The molecule has 3 N–H and O–H groups in total. The summed E-state index contributed by atoms with van der Waals surface area (Å²) in [6.07, 6.45) is 2.69. The third-order valence-electron chi connectivity index (χ3n) is 2.27. The summed E-state index contributed by atoms with van der Waals surface area (Å²) >= 11 is 0. The van der Waals surface area contributed by atoms with Crippen LogP contribution in [0.5, 0.6) is 0 Å². The van der Waals surface area contributed by atoms with Crippen LogP contribution in [-0.4, -0.2) is 6.54 Å². The number of nitriles is 1. The molecule has 0 radical (unpaired) electrons. The summed E-state index contributed by atoms with van der Waals surface area (Å²) in [5.41, 5.74) is 8.39. The van der Waals surface area contributed by atoms with Gasteiger partial charge < -0.3 is 11.1 Å². The number of nitrogens with two attached hydrogens (primary N) is 1. The summed E-state index contributed by atoms with van der Waals surface area (Å²) < 4.78 is 0. The summed E-state index contributed by atoms with van der Waals surface area (Å²) in [5.74, 6) is 0. The number of nitrogens with zero attached hydrogens (tertiary/aromatic N) is 1. The fourth-order valence-electron chi connectivity index (χ4n) is 1.36. The predicted octanol–water partition coefficient (Wildman–Crippen LogP) is 2.55. The van der Waals surface area contributed by atoms with Crippen molar-refractivity contribution in [2.45, 2.75) is 26.2 Å². The Labute approximate surface area is 90.9 Å². The largest absolute Gasteiger partial charge is 0.398 e. The second kappa shape index (κ2) is 5.92. The quantitative estimate of drug-likeness (QED) is 0.571. The van der Waals surface area contributed by atoms with Crippen LogP contribution < -0.4 is 11.1 Å². The Morgan fingerprint density at radius 2 is 2.27 bits per heavy atom. The van der Waals surface area contributed by atoms with E-state index in [1.54, 1.807) is 0 Å². The van der Waals surface area contributed by atoms with Crippen LogP contribution in [0.1, 0.15) is 25.3 Å². The Morgan fingerprint density at radius 1 is 1.47 bits per heavy atom. The van der Waals surface area contributed by atoms with E-state index in [1.165, 1.54) is 6.42 Å². The Morgan fingerprint density at radius 3 is 2.93 bits per heavy atom. The van der Waals surface area contributed by atoms with Crippen molar-refractivity contribution in [1.29, 1.82) is 5.26 Å². The predicted molar refractivity (Wildman–Crippen MR) is 63.6 cm³/mol. The van der Waals surface area contributed by atoms with Crippen LogP contribution in [0.2, 0.25) is 0 Å². The first-order valence-corrected chi connectivity index (χ1v) is 5.27. The minimum atomic E-state index is 0.370. The number of hydrogen-bond acceptors (Lipinski definition) is 3. The number of nitrogens with one attached hydrogen (secondary N) is 1. The minimum Gasteiger partial charge on any atom is -0.398 e. The normalized spacial score (nSPS) is 9.60. The summed E-state index contributed by atoms with van der Waals surface area (Å²) in [5, 5.41) is 11.9. The van der Waals surface area contributed by atoms with Gasteiger partial charge in [0.1, 0.15) is 0 Å². The molecule has 0 atom stereocenters. The fraction of sp³-hybridized carbons (Fsp3) is 0.417. The molecule has 0 heterocycles. The van der Waals surface area contributed by atoms with Gasteiger partial charge in [0.25, 0.3) is 0 Å². The molecule has 0 aliphatic carbocycles. The van der Waals surface area contributed by atoms with Crippen molar-refractivity contribution in [3.63, 3.8) is 0 Å². The first-order chi connectivity index (χ1) is 7.27. The van der Waals surface area contributed by atoms with Crippen molar-refractivity contribution in [1.82, 2.24) is 0 Å². The molecule has 1 aromatic rings. The van der Waals surface area contributed by atoms with Crippen LogP contribution in [0.15, 0.2) is 18.2 Å². The average Bonchev–Trinajstić information content (AvgIpc) is 2.23. The van der Waals surface area contributed by atoms with Gasteiger partial charge in [-0.2, -0.15) is 5.26 Å². The Hall–Kier alpha value is -1.69. The van der Waals surface area contributed by atoms with Gasteiger partial charge in [0.2, 0.25) is 0 Å². The molecule has 3 heteroatoms. The van der Waals surface area contributed by atoms with Gasteiger partial charge in [0.05, 0.1) is 12.5 Å².